The molecule has 0 heteroatoms. The molecule has 0 amide bonds. The maximum atomic E-state index is 2.49. The molecule has 0 saturated carbocycles. The van der Waals surface area contributed by atoms with E-state index >= 15 is 0 Å². The topological polar surface area (TPSA) is 0 Å². The van der Waals surface area contributed by atoms with Gasteiger partial charge in [0.05, 0.1) is 0 Å². The molecule has 0 aromatic heterocycles. The second kappa shape index (κ2) is 11.1. The van der Waals surface area contributed by atoms with Gasteiger partial charge in [-0.1, -0.05) is 179 Å². The zero-order valence-corrected chi connectivity index (χ0v) is 31.2. The minimum atomic E-state index is -0.0848. The van der Waals surface area contributed by atoms with Crippen LogP contribution >= 0.6 is 0 Å². The van der Waals surface area contributed by atoms with Gasteiger partial charge in [-0.15, -0.1) is 0 Å². The van der Waals surface area contributed by atoms with Crippen LogP contribution in [0.25, 0.3) is 88.0 Å². The molecular formula is C54H40. The Hall–Kier alpha value is -6.24. The van der Waals surface area contributed by atoms with Crippen molar-refractivity contribution >= 4 is 32.3 Å². The van der Waals surface area contributed by atoms with Crippen LogP contribution in [0.1, 0.15) is 49.9 Å². The molecule has 0 spiro atoms. The van der Waals surface area contributed by atoms with Crippen LogP contribution in [0.4, 0.5) is 0 Å². The average Bonchev–Trinajstić information content (AvgIpc) is 3.59. The summed E-state index contributed by atoms with van der Waals surface area (Å²) < 4.78 is 0. The molecule has 0 atom stereocenters. The van der Waals surface area contributed by atoms with Crippen molar-refractivity contribution in [2.24, 2.45) is 0 Å². The lowest BCUT2D eigenvalue weighted by atomic mass is 9.79. The molecule has 0 heterocycles. The number of hydrogen-bond acceptors (Lipinski definition) is 0. The third kappa shape index (κ3) is 4.26. The molecule has 256 valence electrons. The van der Waals surface area contributed by atoms with Gasteiger partial charge in [-0.2, -0.15) is 0 Å². The van der Waals surface area contributed by atoms with Crippen LogP contribution in [0.5, 0.6) is 0 Å². The highest BCUT2D eigenvalue weighted by Crippen LogP contribution is 2.55. The Balaban J connectivity index is 1.25. The van der Waals surface area contributed by atoms with Gasteiger partial charge >= 0.3 is 0 Å². The van der Waals surface area contributed by atoms with Crippen LogP contribution in [0.15, 0.2) is 170 Å². The van der Waals surface area contributed by atoms with Gasteiger partial charge < -0.3 is 0 Å². The van der Waals surface area contributed by atoms with E-state index in [-0.39, 0.29) is 10.8 Å². The van der Waals surface area contributed by atoms with Crippen LogP contribution in [0.3, 0.4) is 0 Å². The number of rotatable bonds is 3. The molecular weight excluding hydrogens is 649 g/mol. The fraction of sp³-hybridized carbons (Fsp3) is 0.111. The molecule has 0 bridgehead atoms. The minimum absolute atomic E-state index is 0.0818. The number of hydrogen-bond donors (Lipinski definition) is 0. The average molecular weight is 689 g/mol. The molecule has 0 N–H and O–H groups in total. The van der Waals surface area contributed by atoms with Gasteiger partial charge in [-0.05, 0) is 128 Å². The van der Waals surface area contributed by atoms with Gasteiger partial charge in [-0.3, -0.25) is 0 Å². The highest BCUT2D eigenvalue weighted by atomic mass is 14.4. The van der Waals surface area contributed by atoms with Crippen LogP contribution < -0.4 is 0 Å². The van der Waals surface area contributed by atoms with Crippen molar-refractivity contribution in [3.8, 4) is 55.6 Å². The summed E-state index contributed by atoms with van der Waals surface area (Å²) in [7, 11) is 0. The minimum Gasteiger partial charge on any atom is -0.0619 e. The first-order chi connectivity index (χ1) is 26.3. The van der Waals surface area contributed by atoms with Crippen molar-refractivity contribution in [3.63, 3.8) is 0 Å². The molecule has 0 saturated heterocycles. The first kappa shape index (κ1) is 31.3. The Kier molecular flexibility index (Phi) is 6.46. The number of benzene rings is 9. The molecule has 0 nitrogen and oxygen atoms in total. The summed E-state index contributed by atoms with van der Waals surface area (Å²) in [6.45, 7) is 9.52. The quantitative estimate of drug-likeness (QED) is 0.162. The molecule has 54 heavy (non-hydrogen) atoms. The summed E-state index contributed by atoms with van der Waals surface area (Å²) in [5.41, 5.74) is 18.5. The molecule has 2 aliphatic rings. The molecule has 0 unspecified atom stereocenters. The van der Waals surface area contributed by atoms with Crippen LogP contribution in [-0.2, 0) is 10.8 Å². The van der Waals surface area contributed by atoms with Crippen LogP contribution in [-0.4, -0.2) is 0 Å². The van der Waals surface area contributed by atoms with Gasteiger partial charge in [0.2, 0.25) is 0 Å². The first-order valence-electron chi connectivity index (χ1n) is 19.3. The zero-order valence-electron chi connectivity index (χ0n) is 31.2. The lowest BCUT2D eigenvalue weighted by molar-refractivity contribution is 0.660. The van der Waals surface area contributed by atoms with E-state index in [0.717, 1.165) is 0 Å². The molecule has 0 radical (unpaired) electrons. The largest absolute Gasteiger partial charge is 0.0619 e. The lowest BCUT2D eigenvalue weighted by Gasteiger charge is -2.24. The standard InChI is InChI=1S/C54H40/c1-53(2)47-22-12-10-19-43(47)52-44(20-13-23-48(52)53)51-41-18-8-7-17-40(41)50(37-27-28-39-38-16-9-11-21-46(38)54(3,4)49(39)32-37)42-29-26-36(31-45(42)51)35-25-24-33-14-5-6-15-34(33)30-35/h5-32H,1-4H3. The fourth-order valence-electron chi connectivity index (χ4n) is 10.2. The summed E-state index contributed by atoms with van der Waals surface area (Å²) in [5.74, 6) is 0. The second-order valence-corrected chi connectivity index (χ2v) is 16.4. The summed E-state index contributed by atoms with van der Waals surface area (Å²) in [5, 5.41) is 7.66. The molecule has 0 aliphatic heterocycles. The Morgan fingerprint density at radius 2 is 0.815 bits per heavy atom. The smallest absolute Gasteiger partial charge is 0.0159 e. The Morgan fingerprint density at radius 1 is 0.278 bits per heavy atom. The molecule has 11 rings (SSSR count). The Labute approximate surface area is 317 Å². The highest BCUT2D eigenvalue weighted by molar-refractivity contribution is 6.23. The van der Waals surface area contributed by atoms with E-state index in [1.54, 1.807) is 0 Å². The maximum Gasteiger partial charge on any atom is 0.0159 e. The summed E-state index contributed by atoms with van der Waals surface area (Å²) in [4.78, 5) is 0. The van der Waals surface area contributed by atoms with Gasteiger partial charge in [0.25, 0.3) is 0 Å². The second-order valence-electron chi connectivity index (χ2n) is 16.4. The monoisotopic (exact) mass is 688 g/mol. The van der Waals surface area contributed by atoms with Crippen molar-refractivity contribution in [2.45, 2.75) is 38.5 Å². The maximum absolute atomic E-state index is 2.49. The van der Waals surface area contributed by atoms with Crippen molar-refractivity contribution in [2.75, 3.05) is 0 Å². The van der Waals surface area contributed by atoms with Crippen molar-refractivity contribution in [3.05, 3.63) is 192 Å². The van der Waals surface area contributed by atoms with E-state index in [4.69, 9.17) is 0 Å². The molecule has 0 fully saturated rings. The Morgan fingerprint density at radius 3 is 1.63 bits per heavy atom. The van der Waals surface area contributed by atoms with Gasteiger partial charge in [0, 0.05) is 10.8 Å². The van der Waals surface area contributed by atoms with Gasteiger partial charge in [-0.25, -0.2) is 0 Å². The predicted octanol–water partition coefficient (Wildman–Crippen LogP) is 14.8. The van der Waals surface area contributed by atoms with E-state index in [1.807, 2.05) is 0 Å². The zero-order chi connectivity index (χ0) is 36.3. The molecule has 9 aromatic carbocycles. The van der Waals surface area contributed by atoms with Crippen LogP contribution in [0, 0.1) is 0 Å². The number of fused-ring (bicyclic) bond motifs is 9. The SMILES string of the molecule is CC1(C)c2ccccc2-c2ccc(-c3c4ccccc4c(-c4cccc5c4-c4ccccc4C5(C)C)c4cc(-c5ccc6ccccc6c5)ccc34)cc21. The van der Waals surface area contributed by atoms with E-state index in [0.29, 0.717) is 0 Å². The van der Waals surface area contributed by atoms with E-state index in [2.05, 4.69) is 198 Å². The molecule has 9 aromatic rings. The van der Waals surface area contributed by atoms with E-state index in [9.17, 15) is 0 Å². The van der Waals surface area contributed by atoms with Crippen molar-refractivity contribution in [1.29, 1.82) is 0 Å². The van der Waals surface area contributed by atoms with E-state index in [1.165, 1.54) is 110 Å². The third-order valence-corrected chi connectivity index (χ3v) is 12.9. The summed E-state index contributed by atoms with van der Waals surface area (Å²) in [6.07, 6.45) is 0. The Bertz CT molecular complexity index is 3040. The normalized spacial score (nSPS) is 14.6. The predicted molar refractivity (Wildman–Crippen MR) is 230 cm³/mol. The fourth-order valence-corrected chi connectivity index (χ4v) is 10.2. The van der Waals surface area contributed by atoms with Crippen molar-refractivity contribution in [1.82, 2.24) is 0 Å². The lowest BCUT2D eigenvalue weighted by Crippen LogP contribution is -2.14. The van der Waals surface area contributed by atoms with Gasteiger partial charge in [0.1, 0.15) is 0 Å². The molecule has 2 aliphatic carbocycles. The van der Waals surface area contributed by atoms with Gasteiger partial charge in [0.15, 0.2) is 0 Å². The summed E-state index contributed by atoms with van der Waals surface area (Å²) in [6, 6.07) is 64.1. The summed E-state index contributed by atoms with van der Waals surface area (Å²) >= 11 is 0. The highest BCUT2D eigenvalue weighted by Gasteiger charge is 2.38. The first-order valence-corrected chi connectivity index (χ1v) is 19.3. The van der Waals surface area contributed by atoms with E-state index < -0.39 is 0 Å². The van der Waals surface area contributed by atoms with Crippen LogP contribution in [0.2, 0.25) is 0 Å². The van der Waals surface area contributed by atoms with Crippen molar-refractivity contribution < 1.29 is 0 Å². The third-order valence-electron chi connectivity index (χ3n) is 12.9.